The molecule has 3 aromatic rings. The van der Waals surface area contributed by atoms with Crippen molar-refractivity contribution in [3.05, 3.63) is 59.4 Å². The molecule has 8 nitrogen and oxygen atoms in total. The molecular weight excluding hydrogens is 491 g/mol. The number of nitrogens with zero attached hydrogens (tertiary/aromatic N) is 6. The summed E-state index contributed by atoms with van der Waals surface area (Å²) in [6, 6.07) is 8.42. The first-order valence-electron chi connectivity index (χ1n) is 9.95. The van der Waals surface area contributed by atoms with Crippen molar-refractivity contribution in [2.45, 2.75) is 46.7 Å². The number of guanidine groups is 1. The lowest BCUT2D eigenvalue weighted by Gasteiger charge is -2.18. The maximum Gasteiger partial charge on any atom is 0.191 e. The van der Waals surface area contributed by atoms with Crippen LogP contribution in [0.25, 0.3) is 5.69 Å². The Kier molecular flexibility index (Phi) is 8.82. The molecule has 0 saturated heterocycles. The van der Waals surface area contributed by atoms with Crippen molar-refractivity contribution in [3.63, 3.8) is 0 Å². The zero-order chi connectivity index (χ0) is 20.8. The number of rotatable bonds is 7. The molecule has 1 aromatic carbocycles. The van der Waals surface area contributed by atoms with E-state index in [1.807, 2.05) is 23.9 Å². The topological polar surface area (TPSA) is 84.9 Å². The average Bonchev–Trinajstić information content (AvgIpc) is 3.32. The Morgan fingerprint density at radius 1 is 1.20 bits per heavy atom. The normalized spacial score (nSPS) is 12.4. The summed E-state index contributed by atoms with van der Waals surface area (Å²) in [6.07, 6.45) is 4.12. The summed E-state index contributed by atoms with van der Waals surface area (Å²) in [6.45, 7) is 9.84. The van der Waals surface area contributed by atoms with Crippen LogP contribution in [0.3, 0.4) is 0 Å². The molecular formula is C21H31IN8. The van der Waals surface area contributed by atoms with E-state index in [-0.39, 0.29) is 30.0 Å². The third-order valence-electron chi connectivity index (χ3n) is 4.94. The van der Waals surface area contributed by atoms with Crippen LogP contribution in [0.15, 0.2) is 41.9 Å². The highest BCUT2D eigenvalue weighted by molar-refractivity contribution is 14.0. The molecule has 0 aliphatic heterocycles. The van der Waals surface area contributed by atoms with E-state index in [9.17, 15) is 0 Å². The first-order valence-corrected chi connectivity index (χ1v) is 9.95. The summed E-state index contributed by atoms with van der Waals surface area (Å²) in [5, 5.41) is 15.5. The number of hydrogen-bond acceptors (Lipinski definition) is 4. The predicted molar refractivity (Wildman–Crippen MR) is 131 cm³/mol. The van der Waals surface area contributed by atoms with Crippen LogP contribution in [0.5, 0.6) is 0 Å². The van der Waals surface area contributed by atoms with Crippen LogP contribution >= 0.6 is 24.0 Å². The molecule has 2 heterocycles. The summed E-state index contributed by atoms with van der Waals surface area (Å²) in [4.78, 5) is 8.73. The van der Waals surface area contributed by atoms with Gasteiger partial charge in [-0.05, 0) is 57.4 Å². The minimum atomic E-state index is 0. The lowest BCUT2D eigenvalue weighted by molar-refractivity contribution is 0.636. The molecule has 0 bridgehead atoms. The Morgan fingerprint density at radius 2 is 1.93 bits per heavy atom. The number of aryl methyl sites for hydroxylation is 2. The van der Waals surface area contributed by atoms with Gasteiger partial charge in [0.25, 0.3) is 0 Å². The largest absolute Gasteiger partial charge is 0.357 e. The Bertz CT molecular complexity index is 944. The van der Waals surface area contributed by atoms with Crippen LogP contribution in [-0.2, 0) is 20.0 Å². The molecule has 0 aliphatic rings. The third kappa shape index (κ3) is 6.04. The van der Waals surface area contributed by atoms with Crippen molar-refractivity contribution < 1.29 is 0 Å². The van der Waals surface area contributed by atoms with E-state index in [1.165, 1.54) is 17.6 Å². The van der Waals surface area contributed by atoms with Gasteiger partial charge in [0.1, 0.15) is 12.7 Å². The molecule has 1 atom stereocenters. The van der Waals surface area contributed by atoms with Crippen LogP contribution < -0.4 is 10.6 Å². The second kappa shape index (κ2) is 11.1. The fraction of sp³-hybridized carbons (Fsp3) is 0.429. The maximum absolute atomic E-state index is 4.75. The summed E-state index contributed by atoms with van der Waals surface area (Å²) >= 11 is 0. The Labute approximate surface area is 195 Å². The molecule has 0 amide bonds. The number of hydrogen-bond donors (Lipinski definition) is 2. The van der Waals surface area contributed by atoms with E-state index >= 15 is 0 Å². The molecule has 2 aromatic heterocycles. The van der Waals surface area contributed by atoms with Crippen LogP contribution in [-0.4, -0.2) is 43.1 Å². The Balaban J connectivity index is 0.00000320. The van der Waals surface area contributed by atoms with Gasteiger partial charge in [-0.2, -0.15) is 10.2 Å². The van der Waals surface area contributed by atoms with Crippen LogP contribution in [0.2, 0.25) is 0 Å². The lowest BCUT2D eigenvalue weighted by Crippen LogP contribution is -2.43. The first-order chi connectivity index (χ1) is 14.0. The number of benzene rings is 1. The summed E-state index contributed by atoms with van der Waals surface area (Å²) in [7, 11) is 1.99. The summed E-state index contributed by atoms with van der Waals surface area (Å²) in [5.74, 6) is 0.819. The molecule has 9 heteroatoms. The summed E-state index contributed by atoms with van der Waals surface area (Å²) < 4.78 is 3.68. The molecule has 0 saturated carbocycles. The minimum absolute atomic E-state index is 0. The van der Waals surface area contributed by atoms with Crippen LogP contribution in [0.4, 0.5) is 0 Å². The Hall–Kier alpha value is -2.43. The van der Waals surface area contributed by atoms with E-state index in [4.69, 9.17) is 4.99 Å². The van der Waals surface area contributed by atoms with E-state index in [0.717, 1.165) is 35.9 Å². The van der Waals surface area contributed by atoms with Gasteiger partial charge in [0.15, 0.2) is 5.96 Å². The average molecular weight is 522 g/mol. The third-order valence-corrected chi connectivity index (χ3v) is 4.94. The second-order valence-corrected chi connectivity index (χ2v) is 7.22. The number of aromatic nitrogens is 5. The molecule has 0 fully saturated rings. The highest BCUT2D eigenvalue weighted by atomic mass is 127. The molecule has 2 N–H and O–H groups in total. The SMILES string of the molecule is CCNC(=NCc1ccc(-n2cncn2)cc1)NC(C)Cc1c(C)nn(C)c1C.I. The van der Waals surface area contributed by atoms with Crippen molar-refractivity contribution in [2.24, 2.45) is 12.0 Å². The van der Waals surface area contributed by atoms with E-state index < -0.39 is 0 Å². The van der Waals surface area contributed by atoms with Gasteiger partial charge in [-0.1, -0.05) is 12.1 Å². The van der Waals surface area contributed by atoms with Crippen molar-refractivity contribution in [2.75, 3.05) is 6.54 Å². The van der Waals surface area contributed by atoms with Gasteiger partial charge in [0.05, 0.1) is 17.9 Å². The first kappa shape index (κ1) is 23.8. The van der Waals surface area contributed by atoms with Gasteiger partial charge in [-0.15, -0.1) is 24.0 Å². The van der Waals surface area contributed by atoms with Gasteiger partial charge < -0.3 is 10.6 Å². The molecule has 0 spiro atoms. The van der Waals surface area contributed by atoms with Gasteiger partial charge in [0, 0.05) is 25.3 Å². The van der Waals surface area contributed by atoms with Gasteiger partial charge in [-0.3, -0.25) is 4.68 Å². The fourth-order valence-electron chi connectivity index (χ4n) is 3.29. The molecule has 3 rings (SSSR count). The molecule has 30 heavy (non-hydrogen) atoms. The van der Waals surface area contributed by atoms with E-state index in [1.54, 1.807) is 11.0 Å². The van der Waals surface area contributed by atoms with Crippen LogP contribution in [0.1, 0.15) is 36.4 Å². The van der Waals surface area contributed by atoms with Crippen molar-refractivity contribution >= 4 is 29.9 Å². The highest BCUT2D eigenvalue weighted by Crippen LogP contribution is 2.14. The smallest absolute Gasteiger partial charge is 0.191 e. The molecule has 0 aliphatic carbocycles. The maximum atomic E-state index is 4.75. The van der Waals surface area contributed by atoms with E-state index in [0.29, 0.717) is 6.54 Å². The van der Waals surface area contributed by atoms with Crippen molar-refractivity contribution in [1.29, 1.82) is 0 Å². The van der Waals surface area contributed by atoms with E-state index in [2.05, 4.69) is 65.6 Å². The monoisotopic (exact) mass is 522 g/mol. The van der Waals surface area contributed by atoms with Crippen molar-refractivity contribution in [1.82, 2.24) is 35.2 Å². The van der Waals surface area contributed by atoms with Gasteiger partial charge in [0.2, 0.25) is 0 Å². The zero-order valence-electron chi connectivity index (χ0n) is 18.3. The molecule has 1 unspecified atom stereocenters. The predicted octanol–water partition coefficient (Wildman–Crippen LogP) is 2.92. The fourth-order valence-corrected chi connectivity index (χ4v) is 3.29. The standard InChI is InChI=1S/C21H30N8.HI/c1-6-23-21(26-15(2)11-20-16(3)27-28(5)17(20)4)24-12-18-7-9-19(10-8-18)29-14-22-13-25-29;/h7-10,13-15H,6,11-12H2,1-5H3,(H2,23,24,26);1H. The summed E-state index contributed by atoms with van der Waals surface area (Å²) in [5.41, 5.74) is 5.72. The highest BCUT2D eigenvalue weighted by Gasteiger charge is 2.14. The lowest BCUT2D eigenvalue weighted by atomic mass is 10.1. The molecule has 0 radical (unpaired) electrons. The zero-order valence-corrected chi connectivity index (χ0v) is 20.6. The quantitative estimate of drug-likeness (QED) is 0.283. The number of halogens is 1. The van der Waals surface area contributed by atoms with Gasteiger partial charge in [-0.25, -0.2) is 14.7 Å². The second-order valence-electron chi connectivity index (χ2n) is 7.22. The van der Waals surface area contributed by atoms with Crippen LogP contribution in [0, 0.1) is 13.8 Å². The molecule has 162 valence electrons. The Morgan fingerprint density at radius 3 is 2.50 bits per heavy atom. The number of aliphatic imine (C=N–C) groups is 1. The van der Waals surface area contributed by atoms with Crippen molar-refractivity contribution in [3.8, 4) is 5.69 Å². The minimum Gasteiger partial charge on any atom is -0.357 e. The van der Waals surface area contributed by atoms with Gasteiger partial charge >= 0.3 is 0 Å². The number of nitrogens with one attached hydrogen (secondary N) is 2.